The minimum absolute atomic E-state index is 0.147. The lowest BCUT2D eigenvalue weighted by Crippen LogP contribution is -2.30. The van der Waals surface area contributed by atoms with Crippen molar-refractivity contribution in [3.05, 3.63) is 0 Å². The van der Waals surface area contributed by atoms with Crippen LogP contribution in [-0.4, -0.2) is 76.6 Å². The van der Waals surface area contributed by atoms with Gasteiger partial charge in [0.2, 0.25) is 5.91 Å². The summed E-state index contributed by atoms with van der Waals surface area (Å²) in [6, 6.07) is 0. The van der Waals surface area contributed by atoms with E-state index in [0.717, 1.165) is 45.6 Å². The summed E-state index contributed by atoms with van der Waals surface area (Å²) in [5.41, 5.74) is 0. The largest absolute Gasteiger partial charge is 0.356 e. The van der Waals surface area contributed by atoms with Crippen LogP contribution >= 0.6 is 0 Å². The Labute approximate surface area is 112 Å². The van der Waals surface area contributed by atoms with Crippen molar-refractivity contribution in [2.75, 3.05) is 60.9 Å². The van der Waals surface area contributed by atoms with E-state index in [1.54, 1.807) is 0 Å². The average Bonchev–Trinajstić information content (AvgIpc) is 2.28. The van der Waals surface area contributed by atoms with Gasteiger partial charge in [-0.05, 0) is 60.7 Å². The van der Waals surface area contributed by atoms with Crippen molar-refractivity contribution in [3.8, 4) is 0 Å². The Bertz CT molecular complexity index is 207. The minimum atomic E-state index is 0.147. The second-order valence-corrected chi connectivity index (χ2v) is 5.16. The Balaban J connectivity index is 3.22. The van der Waals surface area contributed by atoms with E-state index >= 15 is 0 Å². The minimum Gasteiger partial charge on any atom is -0.356 e. The van der Waals surface area contributed by atoms with Crippen LogP contribution in [0.3, 0.4) is 0 Å². The Morgan fingerprint density at radius 1 is 0.889 bits per heavy atom. The van der Waals surface area contributed by atoms with E-state index in [0.29, 0.717) is 6.42 Å². The zero-order chi connectivity index (χ0) is 13.8. The molecule has 5 nitrogen and oxygen atoms in total. The molecule has 0 spiro atoms. The van der Waals surface area contributed by atoms with Crippen LogP contribution in [0.2, 0.25) is 0 Å². The van der Waals surface area contributed by atoms with E-state index in [2.05, 4.69) is 34.5 Å². The number of hydrogen-bond acceptors (Lipinski definition) is 4. The van der Waals surface area contributed by atoms with Crippen molar-refractivity contribution >= 4 is 5.91 Å². The van der Waals surface area contributed by atoms with E-state index in [1.807, 2.05) is 14.1 Å². The smallest absolute Gasteiger partial charge is 0.221 e. The van der Waals surface area contributed by atoms with Crippen LogP contribution in [0.15, 0.2) is 0 Å². The molecule has 0 aromatic carbocycles. The number of carbonyl (C=O) groups is 1. The highest BCUT2D eigenvalue weighted by Gasteiger charge is 2.00. The number of carbonyl (C=O) groups excluding carboxylic acids is 1. The van der Waals surface area contributed by atoms with Gasteiger partial charge in [0.15, 0.2) is 0 Å². The second kappa shape index (κ2) is 11.4. The van der Waals surface area contributed by atoms with E-state index in [-0.39, 0.29) is 5.91 Å². The molecule has 0 aromatic heterocycles. The zero-order valence-electron chi connectivity index (χ0n) is 12.5. The second-order valence-electron chi connectivity index (χ2n) is 5.16. The molecular formula is C13H30N4O. The molecule has 0 aliphatic carbocycles. The molecule has 0 bridgehead atoms. The summed E-state index contributed by atoms with van der Waals surface area (Å²) in [6.07, 6.45) is 2.70. The third-order valence-corrected chi connectivity index (χ3v) is 2.59. The normalized spacial score (nSPS) is 11.2. The summed E-state index contributed by atoms with van der Waals surface area (Å²) in [5, 5.41) is 6.22. The molecular weight excluding hydrogens is 228 g/mol. The molecule has 0 unspecified atom stereocenters. The van der Waals surface area contributed by atoms with Crippen molar-refractivity contribution in [3.63, 3.8) is 0 Å². The van der Waals surface area contributed by atoms with Crippen LogP contribution in [0, 0.1) is 0 Å². The monoisotopic (exact) mass is 258 g/mol. The Morgan fingerprint density at radius 2 is 1.44 bits per heavy atom. The summed E-state index contributed by atoms with van der Waals surface area (Å²) < 4.78 is 0. The first-order valence-corrected chi connectivity index (χ1v) is 6.79. The van der Waals surface area contributed by atoms with E-state index in [4.69, 9.17) is 0 Å². The van der Waals surface area contributed by atoms with Gasteiger partial charge in [0.1, 0.15) is 0 Å². The van der Waals surface area contributed by atoms with Gasteiger partial charge < -0.3 is 20.4 Å². The third kappa shape index (κ3) is 13.4. The molecule has 18 heavy (non-hydrogen) atoms. The van der Waals surface area contributed by atoms with Gasteiger partial charge in [0, 0.05) is 19.5 Å². The van der Waals surface area contributed by atoms with Crippen LogP contribution in [-0.2, 0) is 4.79 Å². The number of nitrogens with one attached hydrogen (secondary N) is 2. The quantitative estimate of drug-likeness (QED) is 0.512. The summed E-state index contributed by atoms with van der Waals surface area (Å²) in [4.78, 5) is 15.7. The molecule has 0 heterocycles. The van der Waals surface area contributed by atoms with Gasteiger partial charge in [-0.3, -0.25) is 4.79 Å². The van der Waals surface area contributed by atoms with E-state index in [9.17, 15) is 4.79 Å². The summed E-state index contributed by atoms with van der Waals surface area (Å²) in [6.45, 7) is 4.63. The topological polar surface area (TPSA) is 47.6 Å². The summed E-state index contributed by atoms with van der Waals surface area (Å²) in [7, 11) is 8.22. The Hall–Kier alpha value is -0.650. The first-order valence-electron chi connectivity index (χ1n) is 6.79. The fourth-order valence-electron chi connectivity index (χ4n) is 1.56. The molecule has 1 amide bonds. The van der Waals surface area contributed by atoms with Crippen LogP contribution < -0.4 is 10.6 Å². The molecule has 0 saturated carbocycles. The molecule has 0 fully saturated rings. The van der Waals surface area contributed by atoms with Gasteiger partial charge in [0.25, 0.3) is 0 Å². The molecule has 0 aliphatic rings. The summed E-state index contributed by atoms with van der Waals surface area (Å²) in [5.74, 6) is 0.147. The molecule has 0 aromatic rings. The molecule has 0 atom stereocenters. The molecule has 0 aliphatic heterocycles. The average molecular weight is 258 g/mol. The number of hydrogen-bond donors (Lipinski definition) is 2. The molecule has 2 N–H and O–H groups in total. The molecule has 0 rings (SSSR count). The number of amides is 1. The first-order chi connectivity index (χ1) is 8.52. The lowest BCUT2D eigenvalue weighted by Gasteiger charge is -2.11. The van der Waals surface area contributed by atoms with Crippen molar-refractivity contribution < 1.29 is 4.79 Å². The van der Waals surface area contributed by atoms with Crippen molar-refractivity contribution in [2.24, 2.45) is 0 Å². The van der Waals surface area contributed by atoms with E-state index < -0.39 is 0 Å². The lowest BCUT2D eigenvalue weighted by molar-refractivity contribution is -0.121. The Kier molecular flexibility index (Phi) is 11.0. The maximum atomic E-state index is 11.5. The van der Waals surface area contributed by atoms with Gasteiger partial charge in [-0.15, -0.1) is 0 Å². The lowest BCUT2D eigenvalue weighted by atomic mass is 10.3. The SMILES string of the molecule is CN(C)CCCNCCC(=O)NCCCN(C)C. The number of nitrogens with zero attached hydrogens (tertiary/aromatic N) is 2. The predicted molar refractivity (Wildman–Crippen MR) is 76.8 cm³/mol. The predicted octanol–water partition coefficient (Wildman–Crippen LogP) is -0.0143. The van der Waals surface area contributed by atoms with Crippen LogP contribution in [0.25, 0.3) is 0 Å². The maximum Gasteiger partial charge on any atom is 0.221 e. The van der Waals surface area contributed by atoms with Gasteiger partial charge in [-0.1, -0.05) is 0 Å². The maximum absolute atomic E-state index is 11.5. The zero-order valence-corrected chi connectivity index (χ0v) is 12.5. The third-order valence-electron chi connectivity index (χ3n) is 2.59. The van der Waals surface area contributed by atoms with Gasteiger partial charge >= 0.3 is 0 Å². The molecule has 5 heteroatoms. The van der Waals surface area contributed by atoms with Crippen LogP contribution in [0.5, 0.6) is 0 Å². The van der Waals surface area contributed by atoms with E-state index in [1.165, 1.54) is 0 Å². The molecule has 108 valence electrons. The van der Waals surface area contributed by atoms with Crippen molar-refractivity contribution in [2.45, 2.75) is 19.3 Å². The molecule has 0 saturated heterocycles. The van der Waals surface area contributed by atoms with Gasteiger partial charge in [-0.2, -0.15) is 0 Å². The number of rotatable bonds is 11. The van der Waals surface area contributed by atoms with Gasteiger partial charge in [0.05, 0.1) is 0 Å². The standard InChI is InChI=1S/C13H30N4O/c1-16(2)11-5-8-14-10-7-13(18)15-9-6-12-17(3)4/h14H,5-12H2,1-4H3,(H,15,18). The van der Waals surface area contributed by atoms with Crippen LogP contribution in [0.4, 0.5) is 0 Å². The fraction of sp³-hybridized carbons (Fsp3) is 0.923. The van der Waals surface area contributed by atoms with Gasteiger partial charge in [-0.25, -0.2) is 0 Å². The highest BCUT2D eigenvalue weighted by Crippen LogP contribution is 1.84. The summed E-state index contributed by atoms with van der Waals surface area (Å²) >= 11 is 0. The van der Waals surface area contributed by atoms with Crippen molar-refractivity contribution in [1.82, 2.24) is 20.4 Å². The highest BCUT2D eigenvalue weighted by atomic mass is 16.1. The Morgan fingerprint density at radius 3 is 2.00 bits per heavy atom. The highest BCUT2D eigenvalue weighted by molar-refractivity contribution is 5.75. The van der Waals surface area contributed by atoms with Crippen LogP contribution in [0.1, 0.15) is 19.3 Å². The molecule has 0 radical (unpaired) electrons. The fourth-order valence-corrected chi connectivity index (χ4v) is 1.56. The first kappa shape index (κ1) is 17.4. The van der Waals surface area contributed by atoms with Crippen molar-refractivity contribution in [1.29, 1.82) is 0 Å².